The quantitative estimate of drug-likeness (QED) is 0.256. The van der Waals surface area contributed by atoms with Gasteiger partial charge in [-0.05, 0) is 53.6 Å². The van der Waals surface area contributed by atoms with Crippen LogP contribution in [-0.2, 0) is 0 Å². The first kappa shape index (κ1) is 20.9. The van der Waals surface area contributed by atoms with Crippen LogP contribution >= 0.6 is 0 Å². The van der Waals surface area contributed by atoms with Gasteiger partial charge in [0, 0.05) is 23.0 Å². The minimum atomic E-state index is 0.788. The van der Waals surface area contributed by atoms with Crippen molar-refractivity contribution in [2.45, 2.75) is 0 Å². The first-order valence-electron chi connectivity index (χ1n) is 12.6. The van der Waals surface area contributed by atoms with E-state index in [-0.39, 0.29) is 0 Å². The molecule has 0 aliphatic rings. The highest BCUT2D eigenvalue weighted by atomic mass is 15.1. The maximum atomic E-state index is 5.33. The number of hydrogen-bond acceptors (Lipinski definition) is 3. The monoisotopic (exact) mass is 487 g/mol. The van der Waals surface area contributed by atoms with Crippen LogP contribution in [0.3, 0.4) is 0 Å². The molecule has 38 heavy (non-hydrogen) atoms. The fourth-order valence-electron chi connectivity index (χ4n) is 5.48. The minimum Gasteiger partial charge on any atom is -0.292 e. The zero-order chi connectivity index (χ0) is 25.1. The van der Waals surface area contributed by atoms with Gasteiger partial charge in [0.1, 0.15) is 16.6 Å². The lowest BCUT2D eigenvalue weighted by molar-refractivity contribution is 1.10. The summed E-state index contributed by atoms with van der Waals surface area (Å²) >= 11 is 0. The molecule has 0 radical (unpaired) electrons. The van der Waals surface area contributed by atoms with Crippen molar-refractivity contribution in [2.75, 3.05) is 0 Å². The lowest BCUT2D eigenvalue weighted by atomic mass is 10.1. The zero-order valence-corrected chi connectivity index (χ0v) is 20.4. The molecule has 0 aliphatic carbocycles. The van der Waals surface area contributed by atoms with Crippen molar-refractivity contribution >= 4 is 44.3 Å². The molecule has 0 fully saturated rings. The van der Waals surface area contributed by atoms with Gasteiger partial charge >= 0.3 is 0 Å². The third kappa shape index (κ3) is 3.02. The van der Waals surface area contributed by atoms with Gasteiger partial charge in [-0.1, -0.05) is 78.9 Å². The van der Waals surface area contributed by atoms with E-state index >= 15 is 0 Å². The van der Waals surface area contributed by atoms with Crippen molar-refractivity contribution in [2.24, 2.45) is 0 Å². The highest BCUT2D eigenvalue weighted by Gasteiger charge is 2.21. The Bertz CT molecular complexity index is 2120. The third-order valence-corrected chi connectivity index (χ3v) is 7.16. The van der Waals surface area contributed by atoms with Crippen LogP contribution in [0.2, 0.25) is 0 Å². The predicted molar refractivity (Wildman–Crippen MR) is 154 cm³/mol. The Morgan fingerprint density at radius 3 is 1.97 bits per heavy atom. The van der Waals surface area contributed by atoms with E-state index in [1.54, 1.807) is 0 Å². The van der Waals surface area contributed by atoms with Gasteiger partial charge < -0.3 is 0 Å². The number of hydrogen-bond donors (Lipinski definition) is 0. The second kappa shape index (κ2) is 8.11. The summed E-state index contributed by atoms with van der Waals surface area (Å²) in [5.74, 6) is 0. The van der Waals surface area contributed by atoms with Gasteiger partial charge in [0.15, 0.2) is 11.3 Å². The third-order valence-electron chi connectivity index (χ3n) is 7.16. The number of benzene rings is 4. The van der Waals surface area contributed by atoms with Crippen molar-refractivity contribution in [1.29, 1.82) is 0 Å². The standard InChI is InChI=1S/C33H21N5/c1-3-11-22(12-4-1)23-13-9-16-25(21-23)38-28-19-10-20-34-30(28)31-33(38)36-32-29(35-31)26-17-7-8-18-27(26)37(32)24-14-5-2-6-15-24/h1-21H. The molecule has 0 atom stereocenters. The van der Waals surface area contributed by atoms with Gasteiger partial charge in [-0.15, -0.1) is 0 Å². The normalized spacial score (nSPS) is 11.7. The van der Waals surface area contributed by atoms with Gasteiger partial charge in [-0.2, -0.15) is 0 Å². The van der Waals surface area contributed by atoms with E-state index < -0.39 is 0 Å². The lowest BCUT2D eigenvalue weighted by Gasteiger charge is -2.10. The summed E-state index contributed by atoms with van der Waals surface area (Å²) in [5, 5.41) is 1.07. The maximum Gasteiger partial charge on any atom is 0.168 e. The first-order chi connectivity index (χ1) is 18.9. The SMILES string of the molecule is c1ccc(-c2cccc(-n3c4cccnc4c4nc5c6ccccc6n(-c6ccccc6)c5nc43)c2)cc1. The molecule has 8 aromatic rings. The number of para-hydroxylation sites is 2. The van der Waals surface area contributed by atoms with Gasteiger partial charge in [0.2, 0.25) is 0 Å². The van der Waals surface area contributed by atoms with Crippen LogP contribution in [0.1, 0.15) is 0 Å². The van der Waals surface area contributed by atoms with Crippen molar-refractivity contribution in [1.82, 2.24) is 24.1 Å². The molecule has 5 heteroatoms. The van der Waals surface area contributed by atoms with Gasteiger partial charge in [0.05, 0.1) is 11.0 Å². The molecule has 0 bridgehead atoms. The second-order valence-electron chi connectivity index (χ2n) is 9.38. The summed E-state index contributed by atoms with van der Waals surface area (Å²) in [7, 11) is 0. The molecule has 0 amide bonds. The Morgan fingerprint density at radius 2 is 1.11 bits per heavy atom. The van der Waals surface area contributed by atoms with E-state index in [1.807, 2.05) is 24.4 Å². The molecular weight excluding hydrogens is 466 g/mol. The van der Waals surface area contributed by atoms with Crippen LogP contribution in [-0.4, -0.2) is 24.1 Å². The molecule has 178 valence electrons. The van der Waals surface area contributed by atoms with Gasteiger partial charge in [0.25, 0.3) is 0 Å². The van der Waals surface area contributed by atoms with E-state index in [0.717, 1.165) is 61.2 Å². The molecule has 0 N–H and O–H groups in total. The highest BCUT2D eigenvalue weighted by Crippen LogP contribution is 2.35. The largest absolute Gasteiger partial charge is 0.292 e. The number of nitrogens with zero attached hydrogens (tertiary/aromatic N) is 5. The summed E-state index contributed by atoms with van der Waals surface area (Å²) < 4.78 is 4.39. The van der Waals surface area contributed by atoms with Crippen molar-refractivity contribution in [3.63, 3.8) is 0 Å². The van der Waals surface area contributed by atoms with Crippen LogP contribution in [0, 0.1) is 0 Å². The Labute approximate surface area is 218 Å². The number of rotatable bonds is 3. The van der Waals surface area contributed by atoms with E-state index in [0.29, 0.717) is 0 Å². The summed E-state index contributed by atoms with van der Waals surface area (Å²) in [4.78, 5) is 15.3. The highest BCUT2D eigenvalue weighted by molar-refractivity contribution is 6.11. The molecule has 0 aliphatic heterocycles. The van der Waals surface area contributed by atoms with Crippen molar-refractivity contribution in [3.8, 4) is 22.5 Å². The van der Waals surface area contributed by atoms with E-state index in [9.17, 15) is 0 Å². The van der Waals surface area contributed by atoms with E-state index in [1.165, 1.54) is 5.56 Å². The number of fused-ring (bicyclic) bond motifs is 6. The molecule has 0 saturated carbocycles. The van der Waals surface area contributed by atoms with Crippen LogP contribution in [0.5, 0.6) is 0 Å². The molecule has 8 rings (SSSR count). The van der Waals surface area contributed by atoms with E-state index in [2.05, 4.69) is 112 Å². The zero-order valence-electron chi connectivity index (χ0n) is 20.4. The molecule has 4 aromatic carbocycles. The Hall–Kier alpha value is -5.29. The fraction of sp³-hybridized carbons (Fsp3) is 0. The Morgan fingerprint density at radius 1 is 0.447 bits per heavy atom. The average molecular weight is 488 g/mol. The molecule has 0 saturated heterocycles. The minimum absolute atomic E-state index is 0.788. The van der Waals surface area contributed by atoms with Gasteiger partial charge in [-0.3, -0.25) is 14.1 Å². The number of aromatic nitrogens is 5. The van der Waals surface area contributed by atoms with E-state index in [4.69, 9.17) is 15.0 Å². The summed E-state index contributed by atoms with van der Waals surface area (Å²) in [6.45, 7) is 0. The van der Waals surface area contributed by atoms with Crippen LogP contribution in [0.4, 0.5) is 0 Å². The van der Waals surface area contributed by atoms with Crippen LogP contribution < -0.4 is 0 Å². The Balaban J connectivity index is 1.50. The summed E-state index contributed by atoms with van der Waals surface area (Å²) in [6, 6.07) is 41.8. The lowest BCUT2D eigenvalue weighted by Crippen LogP contribution is -1.99. The van der Waals surface area contributed by atoms with Crippen LogP contribution in [0.25, 0.3) is 66.8 Å². The van der Waals surface area contributed by atoms with Crippen molar-refractivity contribution in [3.05, 3.63) is 128 Å². The van der Waals surface area contributed by atoms with Crippen molar-refractivity contribution < 1.29 is 0 Å². The smallest absolute Gasteiger partial charge is 0.168 e. The Kier molecular flexibility index (Phi) is 4.45. The topological polar surface area (TPSA) is 48.5 Å². The second-order valence-corrected chi connectivity index (χ2v) is 9.38. The molecule has 0 spiro atoms. The summed E-state index contributed by atoms with van der Waals surface area (Å²) in [5.41, 5.74) is 10.6. The first-order valence-corrected chi connectivity index (χ1v) is 12.6. The predicted octanol–water partition coefficient (Wildman–Crippen LogP) is 7.73. The fourth-order valence-corrected chi connectivity index (χ4v) is 5.48. The molecule has 5 nitrogen and oxygen atoms in total. The average Bonchev–Trinajstić information content (AvgIpc) is 3.49. The van der Waals surface area contributed by atoms with Crippen LogP contribution in [0.15, 0.2) is 128 Å². The maximum absolute atomic E-state index is 5.33. The van der Waals surface area contributed by atoms with Gasteiger partial charge in [-0.25, -0.2) is 9.97 Å². The molecular formula is C33H21N5. The number of pyridine rings is 1. The molecule has 4 aromatic heterocycles. The molecule has 4 heterocycles. The summed E-state index contributed by atoms with van der Waals surface area (Å²) in [6.07, 6.45) is 1.83. The molecule has 0 unspecified atom stereocenters.